The van der Waals surface area contributed by atoms with Gasteiger partial charge < -0.3 is 15.4 Å². The van der Waals surface area contributed by atoms with E-state index in [-0.39, 0.29) is 5.69 Å². The summed E-state index contributed by atoms with van der Waals surface area (Å²) in [7, 11) is 1.68. The van der Waals surface area contributed by atoms with E-state index in [4.69, 9.17) is 4.74 Å². The highest BCUT2D eigenvalue weighted by Crippen LogP contribution is 2.12. The summed E-state index contributed by atoms with van der Waals surface area (Å²) >= 11 is 1.74. The van der Waals surface area contributed by atoms with Gasteiger partial charge in [0.25, 0.3) is 5.69 Å². The lowest BCUT2D eigenvalue weighted by Crippen LogP contribution is -2.39. The third-order valence-corrected chi connectivity index (χ3v) is 4.56. The fourth-order valence-corrected chi connectivity index (χ4v) is 2.96. The monoisotopic (exact) mass is 376 g/mol. The summed E-state index contributed by atoms with van der Waals surface area (Å²) in [6.45, 7) is 2.70. The summed E-state index contributed by atoms with van der Waals surface area (Å²) < 4.78 is 5.06. The molecule has 1 aromatic carbocycles. The molecule has 7 nitrogen and oxygen atoms in total. The molecule has 0 saturated heterocycles. The van der Waals surface area contributed by atoms with Crippen molar-refractivity contribution in [3.8, 4) is 0 Å². The van der Waals surface area contributed by atoms with Gasteiger partial charge in [0.15, 0.2) is 5.96 Å². The molecule has 26 heavy (non-hydrogen) atoms. The normalized spacial score (nSPS) is 11.3. The van der Waals surface area contributed by atoms with Gasteiger partial charge in [0.1, 0.15) is 0 Å². The minimum absolute atomic E-state index is 0.0877. The third-order valence-electron chi connectivity index (χ3n) is 3.63. The van der Waals surface area contributed by atoms with Gasteiger partial charge in [0.2, 0.25) is 0 Å². The van der Waals surface area contributed by atoms with E-state index < -0.39 is 4.92 Å². The van der Waals surface area contributed by atoms with Crippen molar-refractivity contribution in [3.63, 3.8) is 0 Å². The quantitative estimate of drug-likeness (QED) is 0.219. The van der Waals surface area contributed by atoms with Gasteiger partial charge in [-0.1, -0.05) is 18.2 Å². The van der Waals surface area contributed by atoms with Gasteiger partial charge in [-0.2, -0.15) is 0 Å². The molecule has 2 rings (SSSR count). The molecule has 2 aromatic rings. The molecular formula is C18H24N4O3S. The Labute approximate surface area is 157 Å². The number of benzene rings is 1. The van der Waals surface area contributed by atoms with Crippen LogP contribution in [-0.4, -0.2) is 37.7 Å². The Bertz CT molecular complexity index is 687. The van der Waals surface area contributed by atoms with Crippen LogP contribution in [0.2, 0.25) is 0 Å². The van der Waals surface area contributed by atoms with E-state index in [1.807, 2.05) is 6.07 Å². The maximum Gasteiger partial charge on any atom is 0.269 e. The van der Waals surface area contributed by atoms with Crippen molar-refractivity contribution in [1.82, 2.24) is 10.6 Å². The smallest absolute Gasteiger partial charge is 0.269 e. The van der Waals surface area contributed by atoms with Crippen LogP contribution in [0.3, 0.4) is 0 Å². The first-order valence-electron chi connectivity index (χ1n) is 8.46. The molecule has 1 heterocycles. The first kappa shape index (κ1) is 19.9. The summed E-state index contributed by atoms with van der Waals surface area (Å²) in [4.78, 5) is 16.2. The van der Waals surface area contributed by atoms with Crippen LogP contribution in [0.1, 0.15) is 16.9 Å². The lowest BCUT2D eigenvalue weighted by Gasteiger charge is -2.12. The standard InChI is InChI=1S/C18H24N4O3S/c1-25-12-3-10-19-18(20-11-9-17-4-2-13-26-17)21-14-15-5-7-16(8-6-15)22(23)24/h2,4-8,13H,3,9-12,14H2,1H3,(H2,19,20,21). The Balaban J connectivity index is 1.89. The number of guanidine groups is 1. The fraction of sp³-hybridized carbons (Fsp3) is 0.389. The average Bonchev–Trinajstić information content (AvgIpc) is 3.16. The number of methoxy groups -OCH3 is 1. The summed E-state index contributed by atoms with van der Waals surface area (Å²) in [5, 5.41) is 19.4. The first-order valence-corrected chi connectivity index (χ1v) is 9.34. The molecule has 0 fully saturated rings. The molecule has 0 aliphatic rings. The van der Waals surface area contributed by atoms with Crippen molar-refractivity contribution >= 4 is 23.0 Å². The Morgan fingerprint density at radius 2 is 2.00 bits per heavy atom. The van der Waals surface area contributed by atoms with Gasteiger partial charge in [-0.15, -0.1) is 11.3 Å². The SMILES string of the molecule is COCCCNC(=NCc1ccc([N+](=O)[O-])cc1)NCCc1cccs1. The second-order valence-electron chi connectivity index (χ2n) is 5.62. The Morgan fingerprint density at radius 3 is 2.65 bits per heavy atom. The predicted molar refractivity (Wildman–Crippen MR) is 105 cm³/mol. The average molecular weight is 376 g/mol. The number of aliphatic imine (C=N–C) groups is 1. The molecule has 140 valence electrons. The fourth-order valence-electron chi connectivity index (χ4n) is 2.25. The van der Waals surface area contributed by atoms with Crippen LogP contribution in [0.4, 0.5) is 5.69 Å². The van der Waals surface area contributed by atoms with E-state index in [0.717, 1.165) is 37.5 Å². The van der Waals surface area contributed by atoms with Crippen molar-refractivity contribution in [2.45, 2.75) is 19.4 Å². The largest absolute Gasteiger partial charge is 0.385 e. The number of hydrogen-bond acceptors (Lipinski definition) is 5. The number of nitrogens with zero attached hydrogens (tertiary/aromatic N) is 2. The number of rotatable bonds is 10. The van der Waals surface area contributed by atoms with Gasteiger partial charge >= 0.3 is 0 Å². The van der Waals surface area contributed by atoms with Gasteiger partial charge in [0, 0.05) is 43.8 Å². The van der Waals surface area contributed by atoms with E-state index in [1.165, 1.54) is 17.0 Å². The van der Waals surface area contributed by atoms with E-state index in [1.54, 1.807) is 30.6 Å². The molecule has 1 aromatic heterocycles. The van der Waals surface area contributed by atoms with Gasteiger partial charge in [-0.25, -0.2) is 4.99 Å². The highest BCUT2D eigenvalue weighted by atomic mass is 32.1. The number of non-ortho nitro benzene ring substituents is 1. The minimum Gasteiger partial charge on any atom is -0.385 e. The van der Waals surface area contributed by atoms with Crippen LogP contribution in [0.15, 0.2) is 46.8 Å². The zero-order chi connectivity index (χ0) is 18.6. The molecular weight excluding hydrogens is 352 g/mol. The van der Waals surface area contributed by atoms with Crippen LogP contribution < -0.4 is 10.6 Å². The zero-order valence-electron chi connectivity index (χ0n) is 14.8. The lowest BCUT2D eigenvalue weighted by atomic mass is 10.2. The lowest BCUT2D eigenvalue weighted by molar-refractivity contribution is -0.384. The number of ether oxygens (including phenoxy) is 1. The van der Waals surface area contributed by atoms with Crippen molar-refractivity contribution in [3.05, 3.63) is 62.3 Å². The maximum atomic E-state index is 10.7. The first-order chi connectivity index (χ1) is 12.7. The van der Waals surface area contributed by atoms with E-state index >= 15 is 0 Å². The summed E-state index contributed by atoms with van der Waals surface area (Å²) in [5.74, 6) is 0.732. The van der Waals surface area contributed by atoms with Crippen LogP contribution >= 0.6 is 11.3 Å². The van der Waals surface area contributed by atoms with Crippen LogP contribution in [0.25, 0.3) is 0 Å². The van der Waals surface area contributed by atoms with Gasteiger partial charge in [-0.05, 0) is 29.9 Å². The summed E-state index contributed by atoms with van der Waals surface area (Å²) in [6, 6.07) is 10.6. The highest BCUT2D eigenvalue weighted by molar-refractivity contribution is 7.09. The second-order valence-corrected chi connectivity index (χ2v) is 6.65. The van der Waals surface area contributed by atoms with Gasteiger partial charge in [-0.3, -0.25) is 10.1 Å². The van der Waals surface area contributed by atoms with Crippen LogP contribution in [0, 0.1) is 10.1 Å². The molecule has 0 amide bonds. The Kier molecular flexibility index (Phi) is 8.57. The number of thiophene rings is 1. The predicted octanol–water partition coefficient (Wildman–Crippen LogP) is 2.97. The topological polar surface area (TPSA) is 88.8 Å². The number of nitro benzene ring substituents is 1. The van der Waals surface area contributed by atoms with Crippen molar-refractivity contribution in [1.29, 1.82) is 0 Å². The van der Waals surface area contributed by atoms with Crippen LogP contribution in [0.5, 0.6) is 0 Å². The Morgan fingerprint density at radius 1 is 1.23 bits per heavy atom. The number of nitrogens with one attached hydrogen (secondary N) is 2. The minimum atomic E-state index is -0.401. The molecule has 0 unspecified atom stereocenters. The van der Waals surface area contributed by atoms with Gasteiger partial charge in [0.05, 0.1) is 11.5 Å². The second kappa shape index (κ2) is 11.2. The van der Waals surface area contributed by atoms with E-state index in [0.29, 0.717) is 13.2 Å². The molecule has 0 spiro atoms. The third kappa shape index (κ3) is 7.20. The Hall–Kier alpha value is -2.45. The van der Waals surface area contributed by atoms with E-state index in [2.05, 4.69) is 27.1 Å². The summed E-state index contributed by atoms with van der Waals surface area (Å²) in [5.41, 5.74) is 1.01. The number of hydrogen-bond donors (Lipinski definition) is 2. The molecule has 0 aliphatic carbocycles. The molecule has 0 atom stereocenters. The molecule has 0 bridgehead atoms. The molecule has 2 N–H and O–H groups in total. The summed E-state index contributed by atoms with van der Waals surface area (Å²) in [6.07, 6.45) is 1.83. The molecule has 0 saturated carbocycles. The maximum absolute atomic E-state index is 10.7. The molecule has 0 aliphatic heterocycles. The molecule has 0 radical (unpaired) electrons. The van der Waals surface area contributed by atoms with Crippen molar-refractivity contribution in [2.75, 3.05) is 26.8 Å². The van der Waals surface area contributed by atoms with Crippen molar-refractivity contribution in [2.24, 2.45) is 4.99 Å². The van der Waals surface area contributed by atoms with Crippen LogP contribution in [-0.2, 0) is 17.7 Å². The van der Waals surface area contributed by atoms with Crippen molar-refractivity contribution < 1.29 is 9.66 Å². The zero-order valence-corrected chi connectivity index (χ0v) is 15.6. The van der Waals surface area contributed by atoms with E-state index in [9.17, 15) is 10.1 Å². The molecule has 8 heteroatoms. The highest BCUT2D eigenvalue weighted by Gasteiger charge is 2.04. The number of nitro groups is 1.